The Balaban J connectivity index is 4.44. The molecule has 0 aliphatic rings. The average molecular weight is 797 g/mol. The summed E-state index contributed by atoms with van der Waals surface area (Å²) in [6.45, 7) is 2.26. The summed E-state index contributed by atoms with van der Waals surface area (Å²) in [4.78, 5) is 34.9. The smallest absolute Gasteiger partial charge is 0.462 e. The largest absolute Gasteiger partial charge is 0.472 e. The van der Waals surface area contributed by atoms with Gasteiger partial charge in [-0.05, 0) is 77.0 Å². The van der Waals surface area contributed by atoms with Crippen LogP contribution in [-0.4, -0.2) is 65.7 Å². The van der Waals surface area contributed by atoms with Crippen LogP contribution in [0.3, 0.4) is 0 Å². The first-order valence-corrected chi connectivity index (χ1v) is 22.7. The first-order valence-electron chi connectivity index (χ1n) is 21.2. The Bertz CT molecular complexity index is 1100. The molecular formula is C44H77O10P. The molecule has 0 amide bonds. The lowest BCUT2D eigenvalue weighted by molar-refractivity contribution is -0.161. The SMILES string of the molecule is CCCCC/C=C/C/C=C/C/C=C/C/C=C/CCCC(=O)OC[C@H](COP(=O)(O)OC[C@@H](O)CO)OC(=O)CCCCC/C=C/CCCCCCCCCC. The summed E-state index contributed by atoms with van der Waals surface area (Å²) < 4.78 is 32.6. The zero-order chi connectivity index (χ0) is 40.5. The Morgan fingerprint density at radius 3 is 1.53 bits per heavy atom. The molecule has 0 spiro atoms. The first-order chi connectivity index (χ1) is 26.7. The van der Waals surface area contributed by atoms with Crippen LogP contribution in [0.15, 0.2) is 60.8 Å². The van der Waals surface area contributed by atoms with Crippen LogP contribution < -0.4 is 0 Å². The molecule has 0 fully saturated rings. The van der Waals surface area contributed by atoms with E-state index < -0.39 is 51.8 Å². The molecule has 0 aliphatic carbocycles. The Kier molecular flexibility index (Phi) is 38.2. The highest BCUT2D eigenvalue weighted by Gasteiger charge is 2.27. The van der Waals surface area contributed by atoms with Crippen LogP contribution in [0.25, 0.3) is 0 Å². The fourth-order valence-electron chi connectivity index (χ4n) is 5.33. The normalized spacial score (nSPS) is 14.5. The lowest BCUT2D eigenvalue weighted by Gasteiger charge is -2.20. The Labute approximate surface area is 334 Å². The molecule has 318 valence electrons. The van der Waals surface area contributed by atoms with Crippen LogP contribution in [0.2, 0.25) is 0 Å². The number of esters is 2. The summed E-state index contributed by atoms with van der Waals surface area (Å²) in [5.74, 6) is -1.01. The summed E-state index contributed by atoms with van der Waals surface area (Å²) in [5.41, 5.74) is 0. The predicted molar refractivity (Wildman–Crippen MR) is 224 cm³/mol. The van der Waals surface area contributed by atoms with E-state index in [-0.39, 0.29) is 19.4 Å². The van der Waals surface area contributed by atoms with Gasteiger partial charge in [-0.3, -0.25) is 18.6 Å². The van der Waals surface area contributed by atoms with Crippen molar-refractivity contribution >= 4 is 19.8 Å². The molecule has 3 atom stereocenters. The summed E-state index contributed by atoms with van der Waals surface area (Å²) in [7, 11) is -4.63. The molecule has 0 aromatic carbocycles. The number of hydrogen-bond acceptors (Lipinski definition) is 9. The van der Waals surface area contributed by atoms with Gasteiger partial charge in [0.25, 0.3) is 0 Å². The van der Waals surface area contributed by atoms with E-state index in [0.29, 0.717) is 19.3 Å². The van der Waals surface area contributed by atoms with Crippen molar-refractivity contribution in [2.24, 2.45) is 0 Å². The third-order valence-electron chi connectivity index (χ3n) is 8.64. The maximum Gasteiger partial charge on any atom is 0.472 e. The number of rotatable bonds is 39. The number of allylic oxidation sites excluding steroid dienone is 10. The molecule has 1 unspecified atom stereocenters. The molecule has 0 bridgehead atoms. The van der Waals surface area contributed by atoms with Crippen LogP contribution in [0.4, 0.5) is 0 Å². The minimum atomic E-state index is -4.63. The minimum absolute atomic E-state index is 0.150. The Morgan fingerprint density at radius 1 is 0.545 bits per heavy atom. The molecule has 0 aliphatic heterocycles. The zero-order valence-electron chi connectivity index (χ0n) is 34.4. The van der Waals surface area contributed by atoms with E-state index in [1.54, 1.807) is 0 Å². The third-order valence-corrected chi connectivity index (χ3v) is 9.60. The number of phosphoric ester groups is 1. The van der Waals surface area contributed by atoms with Gasteiger partial charge < -0.3 is 24.6 Å². The van der Waals surface area contributed by atoms with Crippen LogP contribution >= 0.6 is 7.82 Å². The number of ether oxygens (including phenoxy) is 2. The molecule has 10 nitrogen and oxygen atoms in total. The maximum atomic E-state index is 12.6. The van der Waals surface area contributed by atoms with Crippen LogP contribution in [0.5, 0.6) is 0 Å². The van der Waals surface area contributed by atoms with E-state index in [9.17, 15) is 24.2 Å². The highest BCUT2D eigenvalue weighted by Crippen LogP contribution is 2.43. The quantitative estimate of drug-likeness (QED) is 0.0237. The summed E-state index contributed by atoms with van der Waals surface area (Å²) in [6.07, 6.45) is 43.4. The summed E-state index contributed by atoms with van der Waals surface area (Å²) in [6, 6.07) is 0. The molecule has 0 rings (SSSR count). The van der Waals surface area contributed by atoms with Gasteiger partial charge in [0.05, 0.1) is 19.8 Å². The fourth-order valence-corrected chi connectivity index (χ4v) is 6.12. The van der Waals surface area contributed by atoms with Crippen LogP contribution in [-0.2, 0) is 32.7 Å². The van der Waals surface area contributed by atoms with Gasteiger partial charge >= 0.3 is 19.8 Å². The number of carbonyl (C=O) groups is 2. The van der Waals surface area contributed by atoms with Gasteiger partial charge in [0, 0.05) is 12.8 Å². The second kappa shape index (κ2) is 39.9. The van der Waals surface area contributed by atoms with E-state index >= 15 is 0 Å². The average Bonchev–Trinajstić information content (AvgIpc) is 3.17. The van der Waals surface area contributed by atoms with Gasteiger partial charge in [-0.1, -0.05) is 139 Å². The molecule has 0 saturated carbocycles. The number of phosphoric acid groups is 1. The van der Waals surface area contributed by atoms with E-state index in [2.05, 4.69) is 73.1 Å². The third kappa shape index (κ3) is 39.7. The van der Waals surface area contributed by atoms with Gasteiger partial charge in [-0.15, -0.1) is 0 Å². The molecule has 0 aromatic heterocycles. The molecule has 11 heteroatoms. The van der Waals surface area contributed by atoms with Crippen molar-refractivity contribution in [3.05, 3.63) is 60.8 Å². The van der Waals surface area contributed by atoms with Gasteiger partial charge in [-0.25, -0.2) is 4.57 Å². The fraction of sp³-hybridized carbons (Fsp3) is 0.727. The van der Waals surface area contributed by atoms with Gasteiger partial charge in [0.1, 0.15) is 12.7 Å². The zero-order valence-corrected chi connectivity index (χ0v) is 35.3. The summed E-state index contributed by atoms with van der Waals surface area (Å²) in [5, 5.41) is 18.3. The standard InChI is InChI=1S/C44H77O10P/c1-3-5-7-9-11-13-15-17-19-20-22-23-25-27-29-31-33-35-43(47)51-39-42(40-53-55(49,50)52-38-41(46)37-45)54-44(48)36-34-32-30-28-26-24-21-18-16-14-12-10-8-6-4-2/h11,13,17,19,22-24,26-27,29,41-42,45-46H,3-10,12,14-16,18,20-21,25,28,30-40H2,1-2H3,(H,49,50)/b13-11+,19-17+,23-22+,26-24+,29-27+/t41-,42+/m0/s1. The highest BCUT2D eigenvalue weighted by atomic mass is 31.2. The van der Waals surface area contributed by atoms with Crippen molar-refractivity contribution in [1.29, 1.82) is 0 Å². The van der Waals surface area contributed by atoms with Crippen molar-refractivity contribution in [2.45, 2.75) is 180 Å². The van der Waals surface area contributed by atoms with E-state index in [0.717, 1.165) is 51.4 Å². The van der Waals surface area contributed by atoms with E-state index in [1.165, 1.54) is 70.6 Å². The number of carbonyl (C=O) groups excluding carboxylic acids is 2. The second-order valence-corrected chi connectivity index (χ2v) is 15.5. The van der Waals surface area contributed by atoms with Crippen LogP contribution in [0.1, 0.15) is 168 Å². The monoisotopic (exact) mass is 797 g/mol. The highest BCUT2D eigenvalue weighted by molar-refractivity contribution is 7.47. The van der Waals surface area contributed by atoms with Gasteiger partial charge in [-0.2, -0.15) is 0 Å². The Morgan fingerprint density at radius 2 is 0.964 bits per heavy atom. The molecular weight excluding hydrogens is 719 g/mol. The van der Waals surface area contributed by atoms with Crippen molar-refractivity contribution in [2.75, 3.05) is 26.4 Å². The Hall–Kier alpha value is -2.33. The lowest BCUT2D eigenvalue weighted by atomic mass is 10.1. The molecule has 0 saturated heterocycles. The van der Waals surface area contributed by atoms with Gasteiger partial charge in [0.15, 0.2) is 6.10 Å². The number of aliphatic hydroxyl groups is 2. The second-order valence-electron chi connectivity index (χ2n) is 14.0. The molecule has 0 radical (unpaired) electrons. The van der Waals surface area contributed by atoms with E-state index in [4.69, 9.17) is 19.1 Å². The first kappa shape index (κ1) is 52.7. The lowest BCUT2D eigenvalue weighted by Crippen LogP contribution is -2.29. The molecule has 3 N–H and O–H groups in total. The van der Waals surface area contributed by atoms with Crippen molar-refractivity contribution in [3.8, 4) is 0 Å². The minimum Gasteiger partial charge on any atom is -0.462 e. The van der Waals surface area contributed by atoms with Gasteiger partial charge in [0.2, 0.25) is 0 Å². The van der Waals surface area contributed by atoms with Crippen molar-refractivity contribution < 1.29 is 47.8 Å². The number of aliphatic hydroxyl groups excluding tert-OH is 2. The molecule has 55 heavy (non-hydrogen) atoms. The predicted octanol–water partition coefficient (Wildman–Crippen LogP) is 11.1. The van der Waals surface area contributed by atoms with Crippen LogP contribution in [0, 0.1) is 0 Å². The number of hydrogen-bond donors (Lipinski definition) is 3. The van der Waals surface area contributed by atoms with Crippen molar-refractivity contribution in [1.82, 2.24) is 0 Å². The number of unbranched alkanes of at least 4 members (excludes halogenated alkanes) is 15. The topological polar surface area (TPSA) is 149 Å². The molecule has 0 heterocycles. The summed E-state index contributed by atoms with van der Waals surface area (Å²) >= 11 is 0. The maximum absolute atomic E-state index is 12.6. The van der Waals surface area contributed by atoms with E-state index in [1.807, 2.05) is 6.08 Å². The molecule has 0 aromatic rings. The van der Waals surface area contributed by atoms with Crippen molar-refractivity contribution in [3.63, 3.8) is 0 Å².